The standard InChI is InChI=1S/C45H62F2N6O9S/c1-24-34-23-53(36(24)38(54)51-45(22-26(45)13-17-35(46)47)41(56)52-63(58,59)44(5)18-19-44)40(55)37(43(2,3)4)50-42(57)62-33-20-25-12-15-28(25)29(33)10-8-7-9-11-31-39(61-34)49-32-21-27(60-6)14-16-30(32)48-31/h14,16,21,24-26,28-29,33-37H,7-13,15,17-20,22-23H2,1-6H3,(H,50,57)(H,51,54)(H,52,56)/t24-,25+,26-,28+,29-,33-,34+,36+,37-,45-/m1/s1. The Hall–Kier alpha value is -4.35. The van der Waals surface area contributed by atoms with Crippen LogP contribution in [-0.4, -0.2) is 102 Å². The van der Waals surface area contributed by atoms with E-state index in [0.29, 0.717) is 53.6 Å². The minimum absolute atomic E-state index is 0.0696. The second kappa shape index (κ2) is 16.9. The number of halogens is 2. The number of hydrogen-bond acceptors (Lipinski definition) is 11. The molecule has 4 amide bonds. The number of amides is 4. The minimum atomic E-state index is -4.15. The summed E-state index contributed by atoms with van der Waals surface area (Å²) in [5.74, 6) is -1.92. The Balaban J connectivity index is 1.15. The fourth-order valence-electron chi connectivity index (χ4n) is 10.6. The van der Waals surface area contributed by atoms with Crippen LogP contribution >= 0.6 is 0 Å². The third-order valence-electron chi connectivity index (χ3n) is 15.1. The molecular formula is C45H62F2N6O9S. The first-order valence-corrected chi connectivity index (χ1v) is 24.2. The quantitative estimate of drug-likeness (QED) is 0.274. The number of ether oxygens (including phenoxy) is 3. The van der Waals surface area contributed by atoms with Gasteiger partial charge in [0.1, 0.15) is 41.3 Å². The summed E-state index contributed by atoms with van der Waals surface area (Å²) in [7, 11) is -2.60. The molecule has 0 radical (unpaired) electrons. The molecule has 15 nitrogen and oxygen atoms in total. The van der Waals surface area contributed by atoms with E-state index in [0.717, 1.165) is 44.9 Å². The molecule has 2 aromatic rings. The molecule has 18 heteroatoms. The molecule has 3 N–H and O–H groups in total. The predicted octanol–water partition coefficient (Wildman–Crippen LogP) is 5.82. The average Bonchev–Trinajstić information content (AvgIpc) is 4.09. The van der Waals surface area contributed by atoms with Crippen LogP contribution < -0.4 is 24.8 Å². The number of aryl methyl sites for hydroxylation is 1. The van der Waals surface area contributed by atoms with Crippen molar-refractivity contribution >= 4 is 44.9 Å². The highest BCUT2D eigenvalue weighted by atomic mass is 32.2. The Morgan fingerprint density at radius 3 is 2.46 bits per heavy atom. The molecule has 6 aliphatic rings. The summed E-state index contributed by atoms with van der Waals surface area (Å²) in [6.07, 6.45) is 2.43. The number of aromatic nitrogens is 2. The molecule has 8 rings (SSSR count). The fourth-order valence-corrected chi connectivity index (χ4v) is 11.9. The van der Waals surface area contributed by atoms with E-state index in [-0.39, 0.29) is 37.3 Å². The molecule has 4 saturated carbocycles. The third-order valence-corrected chi connectivity index (χ3v) is 17.2. The normalized spacial score (nSPS) is 33.0. The van der Waals surface area contributed by atoms with Gasteiger partial charge in [0.15, 0.2) is 0 Å². The van der Waals surface area contributed by atoms with Crippen LogP contribution in [0, 0.1) is 35.0 Å². The van der Waals surface area contributed by atoms with Gasteiger partial charge in [-0.05, 0) is 112 Å². The summed E-state index contributed by atoms with van der Waals surface area (Å²) in [6.45, 7) is 8.51. The van der Waals surface area contributed by atoms with Crippen LogP contribution in [0.1, 0.15) is 117 Å². The van der Waals surface area contributed by atoms with Crippen molar-refractivity contribution in [3.63, 3.8) is 0 Å². The molecule has 63 heavy (non-hydrogen) atoms. The monoisotopic (exact) mass is 900 g/mol. The molecule has 1 aromatic heterocycles. The molecule has 2 aliphatic heterocycles. The van der Waals surface area contributed by atoms with Crippen LogP contribution in [0.4, 0.5) is 13.6 Å². The molecule has 0 spiro atoms. The average molecular weight is 901 g/mol. The van der Waals surface area contributed by atoms with E-state index >= 15 is 4.79 Å². The fraction of sp³-hybridized carbons (Fsp3) is 0.733. The topological polar surface area (TPSA) is 195 Å². The number of nitrogens with zero attached hydrogens (tertiary/aromatic N) is 3. The second-order valence-corrected chi connectivity index (χ2v) is 22.6. The summed E-state index contributed by atoms with van der Waals surface area (Å²) in [6, 6.07) is 2.91. The SMILES string of the molecule is COc1ccc2nc3c(nc2c1)O[C@H]1CN(C(=O)[C@H](C(C)(C)C)NC(=O)O[C@@H]2C[C@@H]4CC[C@@H]4[C@H]2CCCCC3)[C@H](C(=O)N[C@]2(C(=O)NS(=O)(=O)C3(C)CC3)C[C@H]2CCC(F)F)[C@@H]1C. The zero-order valence-corrected chi connectivity index (χ0v) is 37.9. The van der Waals surface area contributed by atoms with Crippen molar-refractivity contribution in [3.05, 3.63) is 23.9 Å². The minimum Gasteiger partial charge on any atom is -0.497 e. The van der Waals surface area contributed by atoms with Crippen molar-refractivity contribution in [3.8, 4) is 11.6 Å². The van der Waals surface area contributed by atoms with Gasteiger partial charge >= 0.3 is 6.09 Å². The maximum absolute atomic E-state index is 15.1. The number of sulfonamides is 1. The number of carbonyl (C=O) groups is 4. The van der Waals surface area contributed by atoms with Crippen LogP contribution in [0.5, 0.6) is 11.6 Å². The number of benzene rings is 1. The zero-order chi connectivity index (χ0) is 45.2. The summed E-state index contributed by atoms with van der Waals surface area (Å²) >= 11 is 0. The lowest BCUT2D eigenvalue weighted by Crippen LogP contribution is -2.61. The molecule has 5 fully saturated rings. The van der Waals surface area contributed by atoms with E-state index in [1.807, 2.05) is 12.1 Å². The first-order valence-electron chi connectivity index (χ1n) is 22.7. The van der Waals surface area contributed by atoms with E-state index in [1.165, 1.54) is 11.8 Å². The van der Waals surface area contributed by atoms with Crippen LogP contribution in [0.25, 0.3) is 11.0 Å². The van der Waals surface area contributed by atoms with Gasteiger partial charge in [-0.3, -0.25) is 19.1 Å². The first kappa shape index (κ1) is 45.2. The van der Waals surface area contributed by atoms with Crippen LogP contribution in [-0.2, 0) is 35.6 Å². The Kier molecular flexibility index (Phi) is 12.1. The lowest BCUT2D eigenvalue weighted by molar-refractivity contribution is -0.143. The number of fused-ring (bicyclic) bond motifs is 7. The number of hydrogen-bond donors (Lipinski definition) is 3. The third kappa shape index (κ3) is 8.90. The summed E-state index contributed by atoms with van der Waals surface area (Å²) in [5.41, 5.74) is -0.911. The van der Waals surface area contributed by atoms with Gasteiger partial charge in [0.25, 0.3) is 5.91 Å². The largest absolute Gasteiger partial charge is 0.497 e. The van der Waals surface area contributed by atoms with Gasteiger partial charge in [0.05, 0.1) is 29.4 Å². The van der Waals surface area contributed by atoms with Gasteiger partial charge in [0, 0.05) is 18.4 Å². The van der Waals surface area contributed by atoms with Gasteiger partial charge in [-0.2, -0.15) is 0 Å². The van der Waals surface area contributed by atoms with Crippen molar-refractivity contribution in [2.75, 3.05) is 13.7 Å². The number of alkyl carbamates (subject to hydrolysis) is 1. The van der Waals surface area contributed by atoms with Crippen molar-refractivity contribution < 1.29 is 50.6 Å². The van der Waals surface area contributed by atoms with Gasteiger partial charge in [-0.25, -0.2) is 32.0 Å². The first-order chi connectivity index (χ1) is 29.7. The molecule has 10 atom stereocenters. The Labute approximate surface area is 368 Å². The zero-order valence-electron chi connectivity index (χ0n) is 37.1. The molecule has 1 aromatic carbocycles. The van der Waals surface area contributed by atoms with E-state index < -0.39 is 92.4 Å². The van der Waals surface area contributed by atoms with E-state index in [4.69, 9.17) is 24.2 Å². The van der Waals surface area contributed by atoms with Gasteiger partial charge in [0.2, 0.25) is 34.1 Å². The van der Waals surface area contributed by atoms with E-state index in [1.54, 1.807) is 40.9 Å². The molecular weight excluding hydrogens is 839 g/mol. The summed E-state index contributed by atoms with van der Waals surface area (Å²) in [5, 5.41) is 5.66. The molecule has 1 saturated heterocycles. The number of alkyl halides is 2. The Morgan fingerprint density at radius 1 is 1.03 bits per heavy atom. The van der Waals surface area contributed by atoms with Crippen LogP contribution in [0.2, 0.25) is 0 Å². The lowest BCUT2D eigenvalue weighted by Gasteiger charge is -2.36. The summed E-state index contributed by atoms with van der Waals surface area (Å²) in [4.78, 5) is 69.0. The maximum atomic E-state index is 15.1. The molecule has 346 valence electrons. The highest BCUT2D eigenvalue weighted by Gasteiger charge is 2.64. The molecule has 4 aliphatic carbocycles. The number of methoxy groups -OCH3 is 1. The highest BCUT2D eigenvalue weighted by Crippen LogP contribution is 2.53. The second-order valence-electron chi connectivity index (χ2n) is 20.4. The van der Waals surface area contributed by atoms with Gasteiger partial charge in [-0.1, -0.05) is 40.5 Å². The molecule has 3 heterocycles. The van der Waals surface area contributed by atoms with Crippen molar-refractivity contribution in [2.45, 2.75) is 159 Å². The van der Waals surface area contributed by atoms with E-state index in [2.05, 4.69) is 15.4 Å². The van der Waals surface area contributed by atoms with Gasteiger partial charge < -0.3 is 29.7 Å². The van der Waals surface area contributed by atoms with Crippen molar-refractivity contribution in [1.29, 1.82) is 0 Å². The van der Waals surface area contributed by atoms with Crippen LogP contribution in [0.15, 0.2) is 18.2 Å². The van der Waals surface area contributed by atoms with Crippen molar-refractivity contribution in [1.82, 2.24) is 30.2 Å². The number of carbonyl (C=O) groups excluding carboxylic acids is 4. The Bertz CT molecular complexity index is 2240. The van der Waals surface area contributed by atoms with E-state index in [9.17, 15) is 31.6 Å². The highest BCUT2D eigenvalue weighted by molar-refractivity contribution is 7.91. The van der Waals surface area contributed by atoms with Crippen LogP contribution in [0.3, 0.4) is 0 Å². The number of rotatable bonds is 9. The molecule has 2 bridgehead atoms. The predicted molar refractivity (Wildman–Crippen MR) is 227 cm³/mol. The summed E-state index contributed by atoms with van der Waals surface area (Å²) < 4.78 is 72.9. The number of nitrogens with one attached hydrogen (secondary N) is 3. The van der Waals surface area contributed by atoms with Crippen molar-refractivity contribution in [2.24, 2.45) is 35.0 Å². The lowest BCUT2D eigenvalue weighted by atomic mass is 9.71. The van der Waals surface area contributed by atoms with Gasteiger partial charge in [-0.15, -0.1) is 0 Å². The molecule has 0 unspecified atom stereocenters. The smallest absolute Gasteiger partial charge is 0.408 e. The maximum Gasteiger partial charge on any atom is 0.408 e. The Morgan fingerprint density at radius 2 is 1.79 bits per heavy atom.